The molecule has 0 fully saturated rings. The van der Waals surface area contributed by atoms with Gasteiger partial charge in [-0.2, -0.15) is 0 Å². The SMILES string of the molecule is CC(=O)C(C)=Cc1c(C)cccc1C. The van der Waals surface area contributed by atoms with Crippen LogP contribution in [0.3, 0.4) is 0 Å². The Balaban J connectivity index is 3.20. The van der Waals surface area contributed by atoms with Crippen LogP contribution in [0, 0.1) is 13.8 Å². The van der Waals surface area contributed by atoms with Crippen molar-refractivity contribution in [3.8, 4) is 0 Å². The molecule has 0 saturated carbocycles. The molecule has 0 N–H and O–H groups in total. The summed E-state index contributed by atoms with van der Waals surface area (Å²) in [4.78, 5) is 11.1. The van der Waals surface area contributed by atoms with Gasteiger partial charge in [0.05, 0.1) is 0 Å². The number of ketones is 1. The van der Waals surface area contributed by atoms with Gasteiger partial charge in [0.1, 0.15) is 0 Å². The highest BCUT2D eigenvalue weighted by Crippen LogP contribution is 2.17. The number of carbonyl (C=O) groups excluding carboxylic acids is 1. The molecule has 1 aromatic rings. The third kappa shape index (κ3) is 2.32. The highest BCUT2D eigenvalue weighted by Gasteiger charge is 2.01. The first kappa shape index (κ1) is 10.7. The van der Waals surface area contributed by atoms with Crippen LogP contribution in [0.4, 0.5) is 0 Å². The van der Waals surface area contributed by atoms with Crippen molar-refractivity contribution in [2.24, 2.45) is 0 Å². The first-order chi connectivity index (χ1) is 6.52. The van der Waals surface area contributed by atoms with Crippen molar-refractivity contribution >= 4 is 11.9 Å². The Hall–Kier alpha value is -1.37. The van der Waals surface area contributed by atoms with Gasteiger partial charge in [0.25, 0.3) is 0 Å². The molecule has 1 nitrogen and oxygen atoms in total. The van der Waals surface area contributed by atoms with Crippen LogP contribution in [0.15, 0.2) is 23.8 Å². The van der Waals surface area contributed by atoms with Crippen LogP contribution in [-0.4, -0.2) is 5.78 Å². The number of hydrogen-bond acceptors (Lipinski definition) is 1. The summed E-state index contributed by atoms with van der Waals surface area (Å²) in [6.07, 6.45) is 1.97. The van der Waals surface area contributed by atoms with Gasteiger partial charge in [-0.05, 0) is 56.0 Å². The zero-order valence-electron chi connectivity index (χ0n) is 9.22. The van der Waals surface area contributed by atoms with E-state index in [9.17, 15) is 4.79 Å². The molecular weight excluding hydrogens is 172 g/mol. The smallest absolute Gasteiger partial charge is 0.155 e. The van der Waals surface area contributed by atoms with Crippen LogP contribution in [0.2, 0.25) is 0 Å². The van der Waals surface area contributed by atoms with Crippen molar-refractivity contribution in [2.75, 3.05) is 0 Å². The van der Waals surface area contributed by atoms with E-state index in [2.05, 4.69) is 26.0 Å². The topological polar surface area (TPSA) is 17.1 Å². The molecule has 0 aliphatic carbocycles. The van der Waals surface area contributed by atoms with Crippen molar-refractivity contribution in [1.82, 2.24) is 0 Å². The van der Waals surface area contributed by atoms with Crippen molar-refractivity contribution in [3.63, 3.8) is 0 Å². The van der Waals surface area contributed by atoms with Gasteiger partial charge in [-0.15, -0.1) is 0 Å². The maximum atomic E-state index is 11.1. The number of carbonyl (C=O) groups is 1. The monoisotopic (exact) mass is 188 g/mol. The van der Waals surface area contributed by atoms with Crippen molar-refractivity contribution in [2.45, 2.75) is 27.7 Å². The van der Waals surface area contributed by atoms with E-state index < -0.39 is 0 Å². The highest BCUT2D eigenvalue weighted by atomic mass is 16.1. The predicted molar refractivity (Wildman–Crippen MR) is 60.2 cm³/mol. The Bertz CT molecular complexity index is 366. The van der Waals surface area contributed by atoms with E-state index >= 15 is 0 Å². The Labute approximate surface area is 85.5 Å². The molecule has 0 spiro atoms. The summed E-state index contributed by atoms with van der Waals surface area (Å²) in [5.41, 5.74) is 4.40. The summed E-state index contributed by atoms with van der Waals surface area (Å²) in [6.45, 7) is 7.58. The van der Waals surface area contributed by atoms with Gasteiger partial charge in [0, 0.05) is 0 Å². The number of rotatable bonds is 2. The van der Waals surface area contributed by atoms with Crippen molar-refractivity contribution in [3.05, 3.63) is 40.5 Å². The third-order valence-corrected chi connectivity index (χ3v) is 2.46. The van der Waals surface area contributed by atoms with E-state index in [4.69, 9.17) is 0 Å². The molecule has 0 heterocycles. The second-order valence-corrected chi connectivity index (χ2v) is 3.69. The molecule has 0 unspecified atom stereocenters. The first-order valence-electron chi connectivity index (χ1n) is 4.78. The normalized spacial score (nSPS) is 11.6. The first-order valence-corrected chi connectivity index (χ1v) is 4.78. The largest absolute Gasteiger partial charge is 0.295 e. The van der Waals surface area contributed by atoms with Crippen molar-refractivity contribution < 1.29 is 4.79 Å². The fraction of sp³-hybridized carbons (Fsp3) is 0.308. The minimum absolute atomic E-state index is 0.132. The average Bonchev–Trinajstić information content (AvgIpc) is 2.11. The molecule has 1 heteroatoms. The molecule has 1 aromatic carbocycles. The van der Waals surface area contributed by atoms with E-state index in [0.717, 1.165) is 5.57 Å². The summed E-state index contributed by atoms with van der Waals surface area (Å²) >= 11 is 0. The standard InChI is InChI=1S/C13H16O/c1-9-6-5-7-10(2)13(9)8-11(3)12(4)14/h5-8H,1-4H3. The lowest BCUT2D eigenvalue weighted by molar-refractivity contribution is -0.113. The summed E-state index contributed by atoms with van der Waals surface area (Å²) in [6, 6.07) is 6.16. The van der Waals surface area contributed by atoms with E-state index in [1.54, 1.807) is 6.92 Å². The van der Waals surface area contributed by atoms with Gasteiger partial charge < -0.3 is 0 Å². The molecule has 1 rings (SSSR count). The molecule has 0 bridgehead atoms. The van der Waals surface area contributed by atoms with Crippen LogP contribution in [0.1, 0.15) is 30.5 Å². The van der Waals surface area contributed by atoms with Gasteiger partial charge in [-0.3, -0.25) is 4.79 Å². The summed E-state index contributed by atoms with van der Waals surface area (Å²) in [5.74, 6) is 0.132. The molecule has 74 valence electrons. The molecular formula is C13H16O. The minimum atomic E-state index is 0.132. The molecule has 0 atom stereocenters. The summed E-state index contributed by atoms with van der Waals surface area (Å²) in [7, 11) is 0. The van der Waals surface area contributed by atoms with Gasteiger partial charge >= 0.3 is 0 Å². The minimum Gasteiger partial charge on any atom is -0.295 e. The molecule has 0 aliphatic rings. The number of hydrogen-bond donors (Lipinski definition) is 0. The highest BCUT2D eigenvalue weighted by molar-refractivity contribution is 5.97. The molecule has 0 radical (unpaired) electrons. The lowest BCUT2D eigenvalue weighted by Crippen LogP contribution is -1.93. The second-order valence-electron chi connectivity index (χ2n) is 3.69. The van der Waals surface area contributed by atoms with Gasteiger partial charge in [0.15, 0.2) is 5.78 Å². The molecule has 14 heavy (non-hydrogen) atoms. The maximum absolute atomic E-state index is 11.1. The molecule has 0 amide bonds. The summed E-state index contributed by atoms with van der Waals surface area (Å²) in [5, 5.41) is 0. The Kier molecular flexibility index (Phi) is 3.23. The zero-order chi connectivity index (χ0) is 10.7. The van der Waals surface area contributed by atoms with E-state index in [-0.39, 0.29) is 5.78 Å². The number of benzene rings is 1. The van der Waals surface area contributed by atoms with E-state index in [1.165, 1.54) is 16.7 Å². The maximum Gasteiger partial charge on any atom is 0.155 e. The number of allylic oxidation sites excluding steroid dienone is 1. The van der Waals surface area contributed by atoms with Crippen LogP contribution in [0.25, 0.3) is 6.08 Å². The van der Waals surface area contributed by atoms with Gasteiger partial charge in [0.2, 0.25) is 0 Å². The lowest BCUT2D eigenvalue weighted by atomic mass is 10.00. The quantitative estimate of drug-likeness (QED) is 0.651. The average molecular weight is 188 g/mol. The molecule has 0 aromatic heterocycles. The molecule has 0 aliphatic heterocycles. The number of Topliss-reactive ketones (excluding diaryl/α,β-unsaturated/α-hetero) is 1. The lowest BCUT2D eigenvalue weighted by Gasteiger charge is -2.05. The Morgan fingerprint density at radius 1 is 1.14 bits per heavy atom. The van der Waals surface area contributed by atoms with Crippen LogP contribution < -0.4 is 0 Å². The van der Waals surface area contributed by atoms with E-state index in [1.807, 2.05) is 19.1 Å². The number of aryl methyl sites for hydroxylation is 2. The Morgan fingerprint density at radius 2 is 1.64 bits per heavy atom. The predicted octanol–water partition coefficient (Wildman–Crippen LogP) is 3.30. The van der Waals surface area contributed by atoms with Crippen molar-refractivity contribution in [1.29, 1.82) is 0 Å². The molecule has 0 saturated heterocycles. The van der Waals surface area contributed by atoms with Crippen LogP contribution >= 0.6 is 0 Å². The van der Waals surface area contributed by atoms with Crippen LogP contribution in [0.5, 0.6) is 0 Å². The second kappa shape index (κ2) is 4.23. The fourth-order valence-corrected chi connectivity index (χ4v) is 1.37. The third-order valence-electron chi connectivity index (χ3n) is 2.46. The fourth-order valence-electron chi connectivity index (χ4n) is 1.37. The van der Waals surface area contributed by atoms with Crippen LogP contribution in [-0.2, 0) is 4.79 Å². The summed E-state index contributed by atoms with van der Waals surface area (Å²) < 4.78 is 0. The Morgan fingerprint density at radius 3 is 2.07 bits per heavy atom. The van der Waals surface area contributed by atoms with Gasteiger partial charge in [-0.25, -0.2) is 0 Å². The van der Waals surface area contributed by atoms with Gasteiger partial charge in [-0.1, -0.05) is 18.2 Å². The van der Waals surface area contributed by atoms with E-state index in [0.29, 0.717) is 0 Å². The zero-order valence-corrected chi connectivity index (χ0v) is 9.22.